The zero-order chi connectivity index (χ0) is 27.0. The fourth-order valence-electron chi connectivity index (χ4n) is 3.42. The first-order chi connectivity index (χ1) is 17.5. The number of anilines is 2. The van der Waals surface area contributed by atoms with E-state index in [-0.39, 0.29) is 12.8 Å². The third-order valence-corrected chi connectivity index (χ3v) is 5.00. The van der Waals surface area contributed by atoms with Crippen LogP contribution in [-0.2, 0) is 25.3 Å². The molecular weight excluding hydrogens is 489 g/mol. The highest BCUT2D eigenvalue weighted by atomic mass is 19.4. The van der Waals surface area contributed by atoms with Crippen LogP contribution in [-0.4, -0.2) is 24.4 Å². The molecule has 0 fully saturated rings. The fraction of sp³-hybridized carbons (Fsp3) is 0.222. The number of rotatable bonds is 9. The molecule has 0 bridgehead atoms. The SMILES string of the molecule is Cc1cc(C)cc(Oc2ccc(NC(=O)CCC(=O)OCC(=O)Nc3ccccc3C(F)(F)F)cc2)c1. The molecule has 2 amide bonds. The Bertz CT molecular complexity index is 1250. The molecule has 37 heavy (non-hydrogen) atoms. The number of para-hydroxylation sites is 1. The van der Waals surface area contributed by atoms with Crippen LogP contribution in [0.3, 0.4) is 0 Å². The Morgan fingerprint density at radius 1 is 0.784 bits per heavy atom. The number of hydrogen-bond donors (Lipinski definition) is 2. The Labute approximate surface area is 211 Å². The molecule has 194 valence electrons. The van der Waals surface area contributed by atoms with E-state index in [2.05, 4.69) is 10.6 Å². The van der Waals surface area contributed by atoms with Crippen molar-refractivity contribution in [2.24, 2.45) is 0 Å². The van der Waals surface area contributed by atoms with E-state index >= 15 is 0 Å². The third kappa shape index (κ3) is 8.68. The van der Waals surface area contributed by atoms with Crippen molar-refractivity contribution in [1.29, 1.82) is 0 Å². The summed E-state index contributed by atoms with van der Waals surface area (Å²) in [6, 6.07) is 17.0. The van der Waals surface area contributed by atoms with Gasteiger partial charge in [-0.2, -0.15) is 13.2 Å². The highest BCUT2D eigenvalue weighted by Crippen LogP contribution is 2.34. The van der Waals surface area contributed by atoms with E-state index < -0.39 is 41.8 Å². The van der Waals surface area contributed by atoms with Gasteiger partial charge in [-0.25, -0.2) is 0 Å². The number of nitrogens with one attached hydrogen (secondary N) is 2. The zero-order valence-corrected chi connectivity index (χ0v) is 20.1. The van der Waals surface area contributed by atoms with Crippen molar-refractivity contribution >= 4 is 29.2 Å². The molecule has 2 N–H and O–H groups in total. The lowest BCUT2D eigenvalue weighted by molar-refractivity contribution is -0.148. The quantitative estimate of drug-likeness (QED) is 0.341. The Kier molecular flexibility index (Phi) is 8.89. The van der Waals surface area contributed by atoms with Crippen LogP contribution in [0.4, 0.5) is 24.5 Å². The average molecular weight is 515 g/mol. The fourth-order valence-corrected chi connectivity index (χ4v) is 3.42. The molecule has 0 saturated carbocycles. The monoisotopic (exact) mass is 514 g/mol. The van der Waals surface area contributed by atoms with Crippen molar-refractivity contribution in [3.8, 4) is 11.5 Å². The highest BCUT2D eigenvalue weighted by Gasteiger charge is 2.33. The summed E-state index contributed by atoms with van der Waals surface area (Å²) in [6.45, 7) is 3.16. The minimum atomic E-state index is -4.65. The first-order valence-electron chi connectivity index (χ1n) is 11.3. The zero-order valence-electron chi connectivity index (χ0n) is 20.1. The summed E-state index contributed by atoms with van der Waals surface area (Å²) in [4.78, 5) is 35.9. The Morgan fingerprint density at radius 2 is 1.43 bits per heavy atom. The summed E-state index contributed by atoms with van der Waals surface area (Å²) in [5.41, 5.74) is 1.18. The molecule has 0 aliphatic carbocycles. The maximum Gasteiger partial charge on any atom is 0.418 e. The van der Waals surface area contributed by atoms with Gasteiger partial charge in [0, 0.05) is 12.1 Å². The Morgan fingerprint density at radius 3 is 2.08 bits per heavy atom. The number of hydrogen-bond acceptors (Lipinski definition) is 5. The van der Waals surface area contributed by atoms with Crippen molar-refractivity contribution in [3.63, 3.8) is 0 Å². The summed E-state index contributed by atoms with van der Waals surface area (Å²) >= 11 is 0. The van der Waals surface area contributed by atoms with Gasteiger partial charge in [0.1, 0.15) is 11.5 Å². The van der Waals surface area contributed by atoms with Crippen LogP contribution < -0.4 is 15.4 Å². The van der Waals surface area contributed by atoms with Crippen LogP contribution in [0.2, 0.25) is 0 Å². The molecule has 0 aliphatic heterocycles. The molecule has 7 nitrogen and oxygen atoms in total. The molecule has 0 heterocycles. The lowest BCUT2D eigenvalue weighted by Crippen LogP contribution is -2.23. The highest BCUT2D eigenvalue weighted by molar-refractivity contribution is 5.95. The van der Waals surface area contributed by atoms with E-state index in [1.807, 2.05) is 32.0 Å². The van der Waals surface area contributed by atoms with Gasteiger partial charge in [-0.3, -0.25) is 14.4 Å². The standard InChI is InChI=1S/C27H25F3N2O5/c1-17-13-18(2)15-21(14-17)37-20-9-7-19(8-10-20)31-24(33)11-12-26(35)36-16-25(34)32-23-6-4-3-5-22(23)27(28,29)30/h3-10,13-15H,11-12,16H2,1-2H3,(H,31,33)(H,32,34). The molecule has 0 aliphatic rings. The van der Waals surface area contributed by atoms with E-state index in [1.54, 1.807) is 24.3 Å². The van der Waals surface area contributed by atoms with Gasteiger partial charge in [0.15, 0.2) is 6.61 Å². The first kappa shape index (κ1) is 27.3. The van der Waals surface area contributed by atoms with Crippen LogP contribution >= 0.6 is 0 Å². The predicted octanol–water partition coefficient (Wildman–Crippen LogP) is 6.02. The summed E-state index contributed by atoms with van der Waals surface area (Å²) in [6.07, 6.45) is -5.17. The molecule has 0 spiro atoms. The van der Waals surface area contributed by atoms with Crippen molar-refractivity contribution in [2.75, 3.05) is 17.2 Å². The van der Waals surface area contributed by atoms with Crippen LogP contribution in [0.5, 0.6) is 11.5 Å². The summed E-state index contributed by atoms with van der Waals surface area (Å²) in [5.74, 6) is -0.943. The molecule has 0 unspecified atom stereocenters. The third-order valence-electron chi connectivity index (χ3n) is 5.00. The van der Waals surface area contributed by atoms with E-state index in [4.69, 9.17) is 9.47 Å². The molecule has 3 rings (SSSR count). The van der Waals surface area contributed by atoms with Gasteiger partial charge in [-0.05, 0) is 73.5 Å². The molecule has 3 aromatic carbocycles. The molecule has 0 saturated heterocycles. The number of carbonyl (C=O) groups is 3. The van der Waals surface area contributed by atoms with E-state index in [9.17, 15) is 27.6 Å². The number of halogens is 3. The van der Waals surface area contributed by atoms with Gasteiger partial charge in [0.2, 0.25) is 5.91 Å². The summed E-state index contributed by atoms with van der Waals surface area (Å²) < 4.78 is 49.6. The second-order valence-corrected chi connectivity index (χ2v) is 8.25. The topological polar surface area (TPSA) is 93.7 Å². The van der Waals surface area contributed by atoms with Crippen LogP contribution in [0.1, 0.15) is 29.5 Å². The van der Waals surface area contributed by atoms with Gasteiger partial charge in [0.25, 0.3) is 5.91 Å². The van der Waals surface area contributed by atoms with Crippen LogP contribution in [0.25, 0.3) is 0 Å². The van der Waals surface area contributed by atoms with Gasteiger partial charge in [0.05, 0.1) is 17.7 Å². The second kappa shape index (κ2) is 12.1. The molecule has 0 radical (unpaired) electrons. The van der Waals surface area contributed by atoms with E-state index in [1.165, 1.54) is 12.1 Å². The minimum Gasteiger partial charge on any atom is -0.457 e. The number of ether oxygens (including phenoxy) is 2. The van der Waals surface area contributed by atoms with Gasteiger partial charge < -0.3 is 20.1 Å². The summed E-state index contributed by atoms with van der Waals surface area (Å²) in [7, 11) is 0. The number of benzene rings is 3. The minimum absolute atomic E-state index is 0.210. The van der Waals surface area contributed by atoms with Crippen LogP contribution in [0, 0.1) is 13.8 Å². The summed E-state index contributed by atoms with van der Waals surface area (Å²) in [5, 5.41) is 4.71. The second-order valence-electron chi connectivity index (χ2n) is 8.25. The first-order valence-corrected chi connectivity index (χ1v) is 11.3. The van der Waals surface area contributed by atoms with Crippen molar-refractivity contribution in [3.05, 3.63) is 83.4 Å². The number of esters is 1. The number of carbonyl (C=O) groups excluding carboxylic acids is 3. The van der Waals surface area contributed by atoms with Crippen molar-refractivity contribution in [2.45, 2.75) is 32.9 Å². The lowest BCUT2D eigenvalue weighted by Gasteiger charge is -2.13. The molecule has 3 aromatic rings. The number of aryl methyl sites for hydroxylation is 2. The van der Waals surface area contributed by atoms with Gasteiger partial charge >= 0.3 is 12.1 Å². The van der Waals surface area contributed by atoms with Crippen molar-refractivity contribution in [1.82, 2.24) is 0 Å². The normalized spacial score (nSPS) is 10.9. The van der Waals surface area contributed by atoms with Gasteiger partial charge in [-0.15, -0.1) is 0 Å². The Hall–Kier alpha value is -4.34. The largest absolute Gasteiger partial charge is 0.457 e. The van der Waals surface area contributed by atoms with Crippen LogP contribution in [0.15, 0.2) is 66.7 Å². The molecular formula is C27H25F3N2O5. The van der Waals surface area contributed by atoms with E-state index in [0.717, 1.165) is 23.3 Å². The molecule has 0 aromatic heterocycles. The van der Waals surface area contributed by atoms with E-state index in [0.29, 0.717) is 17.2 Å². The van der Waals surface area contributed by atoms with Gasteiger partial charge in [-0.1, -0.05) is 18.2 Å². The maximum absolute atomic E-state index is 13.0. The Balaban J connectivity index is 1.41. The lowest BCUT2D eigenvalue weighted by atomic mass is 10.1. The average Bonchev–Trinajstić information content (AvgIpc) is 2.82. The molecule has 10 heteroatoms. The number of alkyl halides is 3. The van der Waals surface area contributed by atoms with Crippen molar-refractivity contribution < 1.29 is 37.0 Å². The maximum atomic E-state index is 13.0. The smallest absolute Gasteiger partial charge is 0.418 e. The number of amides is 2. The molecule has 0 atom stereocenters. The predicted molar refractivity (Wildman–Crippen MR) is 131 cm³/mol.